The van der Waals surface area contributed by atoms with Crippen molar-refractivity contribution in [3.05, 3.63) is 97.7 Å². The van der Waals surface area contributed by atoms with Gasteiger partial charge in [-0.1, -0.05) is 88.9 Å². The molecule has 1 unspecified atom stereocenters. The number of esters is 1. The molecule has 1 aromatic heterocycles. The van der Waals surface area contributed by atoms with Gasteiger partial charge in [0, 0.05) is 11.2 Å². The molecule has 2 aromatic carbocycles. The maximum atomic E-state index is 12.5. The van der Waals surface area contributed by atoms with Gasteiger partial charge in [0.05, 0.1) is 21.1 Å². The summed E-state index contributed by atoms with van der Waals surface area (Å²) >= 11 is 23.6. The summed E-state index contributed by atoms with van der Waals surface area (Å²) in [5.74, 6) is -1.40. The number of rotatable bonds is 6. The van der Waals surface area contributed by atoms with E-state index in [0.717, 1.165) is 11.1 Å². The largest absolute Gasteiger partial charge is 0.451 e. The third kappa shape index (κ3) is 5.43. The van der Waals surface area contributed by atoms with Gasteiger partial charge in [-0.05, 0) is 23.3 Å². The van der Waals surface area contributed by atoms with Gasteiger partial charge >= 0.3 is 5.97 Å². The zero-order valence-corrected chi connectivity index (χ0v) is 18.3. The summed E-state index contributed by atoms with van der Waals surface area (Å²) < 4.78 is 5.04. The van der Waals surface area contributed by atoms with Crippen LogP contribution < -0.4 is 5.32 Å². The van der Waals surface area contributed by atoms with Crippen molar-refractivity contribution in [3.63, 3.8) is 0 Å². The van der Waals surface area contributed by atoms with Crippen LogP contribution in [0.25, 0.3) is 0 Å². The third-order valence-corrected chi connectivity index (χ3v) is 5.58. The number of ether oxygens (including phenoxy) is 1. The molecule has 0 saturated carbocycles. The molecular formula is C21H14Cl4N2O3. The number of hydrogen-bond acceptors (Lipinski definition) is 4. The standard InChI is InChI=1S/C21H14Cl4N2O3/c22-14-8-6-13(7-9-14)19(12-4-2-1-3-5-12)27-16(28)11-30-21(29)20-18(25)17(24)15(23)10-26-20/h1-10,19H,11H2,(H,27,28). The van der Waals surface area contributed by atoms with Crippen LogP contribution in [-0.2, 0) is 9.53 Å². The van der Waals surface area contributed by atoms with Gasteiger partial charge in [0.2, 0.25) is 0 Å². The number of hydrogen-bond donors (Lipinski definition) is 1. The fourth-order valence-electron chi connectivity index (χ4n) is 2.65. The number of pyridine rings is 1. The normalized spacial score (nSPS) is 11.6. The number of amides is 1. The molecule has 1 N–H and O–H groups in total. The van der Waals surface area contributed by atoms with E-state index in [4.69, 9.17) is 51.1 Å². The minimum atomic E-state index is -0.892. The number of nitrogens with zero attached hydrogens (tertiary/aromatic N) is 1. The molecular weight excluding hydrogens is 470 g/mol. The van der Waals surface area contributed by atoms with Crippen molar-refractivity contribution in [3.8, 4) is 0 Å². The number of halogens is 4. The Morgan fingerprint density at radius 2 is 1.53 bits per heavy atom. The first-order valence-corrected chi connectivity index (χ1v) is 10.1. The fraction of sp³-hybridized carbons (Fsp3) is 0.0952. The zero-order chi connectivity index (χ0) is 21.7. The Morgan fingerprint density at radius 3 is 2.20 bits per heavy atom. The highest BCUT2D eigenvalue weighted by atomic mass is 35.5. The van der Waals surface area contributed by atoms with Crippen molar-refractivity contribution < 1.29 is 14.3 Å². The van der Waals surface area contributed by atoms with E-state index >= 15 is 0 Å². The van der Waals surface area contributed by atoms with E-state index < -0.39 is 24.5 Å². The van der Waals surface area contributed by atoms with Crippen LogP contribution in [0.1, 0.15) is 27.7 Å². The Hall–Kier alpha value is -2.31. The fourth-order valence-corrected chi connectivity index (χ4v) is 3.33. The molecule has 0 aliphatic carbocycles. The van der Waals surface area contributed by atoms with E-state index in [1.165, 1.54) is 6.20 Å². The van der Waals surface area contributed by atoms with Crippen molar-refractivity contribution in [1.82, 2.24) is 10.3 Å². The van der Waals surface area contributed by atoms with Gasteiger partial charge < -0.3 is 10.1 Å². The van der Waals surface area contributed by atoms with Crippen LogP contribution in [0, 0.1) is 0 Å². The summed E-state index contributed by atoms with van der Waals surface area (Å²) in [6, 6.07) is 16.0. The van der Waals surface area contributed by atoms with Crippen molar-refractivity contribution in [2.45, 2.75) is 6.04 Å². The van der Waals surface area contributed by atoms with Gasteiger partial charge in [-0.3, -0.25) is 4.79 Å². The monoisotopic (exact) mass is 482 g/mol. The first-order chi connectivity index (χ1) is 14.4. The number of nitrogens with one attached hydrogen (secondary N) is 1. The molecule has 5 nitrogen and oxygen atoms in total. The summed E-state index contributed by atoms with van der Waals surface area (Å²) in [7, 11) is 0. The van der Waals surface area contributed by atoms with Gasteiger partial charge in [-0.2, -0.15) is 0 Å². The van der Waals surface area contributed by atoms with E-state index in [0.29, 0.717) is 5.02 Å². The van der Waals surface area contributed by atoms with Crippen LogP contribution in [0.15, 0.2) is 60.8 Å². The average Bonchev–Trinajstić information content (AvgIpc) is 2.75. The maximum absolute atomic E-state index is 12.5. The Balaban J connectivity index is 1.71. The van der Waals surface area contributed by atoms with Crippen LogP contribution >= 0.6 is 46.4 Å². The molecule has 0 spiro atoms. The second-order valence-corrected chi connectivity index (χ2v) is 7.72. The summed E-state index contributed by atoms with van der Waals surface area (Å²) in [5, 5.41) is 3.38. The molecule has 30 heavy (non-hydrogen) atoms. The van der Waals surface area contributed by atoms with Gasteiger partial charge in [0.1, 0.15) is 0 Å². The minimum absolute atomic E-state index is 0.0170. The SMILES string of the molecule is O=C(COC(=O)c1ncc(Cl)c(Cl)c1Cl)NC(c1ccccc1)c1ccc(Cl)cc1. The molecule has 154 valence electrons. The number of carbonyl (C=O) groups is 2. The first-order valence-electron chi connectivity index (χ1n) is 8.63. The molecule has 0 saturated heterocycles. The van der Waals surface area contributed by atoms with Crippen molar-refractivity contribution in [1.29, 1.82) is 0 Å². The second kappa shape index (κ2) is 10.1. The molecule has 1 atom stereocenters. The molecule has 0 bridgehead atoms. The van der Waals surface area contributed by atoms with Crippen LogP contribution in [0.2, 0.25) is 20.1 Å². The second-order valence-electron chi connectivity index (χ2n) is 6.12. The van der Waals surface area contributed by atoms with Crippen molar-refractivity contribution in [2.75, 3.05) is 6.61 Å². The van der Waals surface area contributed by atoms with Crippen LogP contribution in [0.5, 0.6) is 0 Å². The highest BCUT2D eigenvalue weighted by molar-refractivity contribution is 6.48. The lowest BCUT2D eigenvalue weighted by molar-refractivity contribution is -0.124. The van der Waals surface area contributed by atoms with Crippen molar-refractivity contribution >= 4 is 58.3 Å². The van der Waals surface area contributed by atoms with Crippen LogP contribution in [0.3, 0.4) is 0 Å². The number of carbonyl (C=O) groups excluding carboxylic acids is 2. The molecule has 0 aliphatic heterocycles. The lowest BCUT2D eigenvalue weighted by Crippen LogP contribution is -2.33. The molecule has 9 heteroatoms. The highest BCUT2D eigenvalue weighted by Gasteiger charge is 2.21. The Morgan fingerprint density at radius 1 is 0.900 bits per heavy atom. The van der Waals surface area contributed by atoms with E-state index in [2.05, 4.69) is 10.3 Å². The topological polar surface area (TPSA) is 68.3 Å². The summed E-state index contributed by atoms with van der Waals surface area (Å²) in [5.41, 5.74) is 1.45. The van der Waals surface area contributed by atoms with E-state index in [9.17, 15) is 9.59 Å². The minimum Gasteiger partial charge on any atom is -0.451 e. The molecule has 3 rings (SSSR count). The summed E-state index contributed by atoms with van der Waals surface area (Å²) in [4.78, 5) is 28.5. The van der Waals surface area contributed by atoms with Gasteiger partial charge in [-0.25, -0.2) is 9.78 Å². The van der Waals surface area contributed by atoms with E-state index in [1.54, 1.807) is 12.1 Å². The molecule has 1 amide bonds. The lowest BCUT2D eigenvalue weighted by Gasteiger charge is -2.20. The van der Waals surface area contributed by atoms with Crippen molar-refractivity contribution in [2.24, 2.45) is 0 Å². The number of benzene rings is 2. The highest BCUT2D eigenvalue weighted by Crippen LogP contribution is 2.31. The average molecular weight is 484 g/mol. The molecule has 0 fully saturated rings. The Labute approximate surface area is 192 Å². The summed E-state index contributed by atoms with van der Waals surface area (Å²) in [6.45, 7) is -0.534. The van der Waals surface area contributed by atoms with E-state index in [-0.39, 0.29) is 20.8 Å². The van der Waals surface area contributed by atoms with Crippen LogP contribution in [0.4, 0.5) is 0 Å². The van der Waals surface area contributed by atoms with Gasteiger partial charge in [0.25, 0.3) is 5.91 Å². The predicted octanol–water partition coefficient (Wildman–Crippen LogP) is 5.76. The first kappa shape index (κ1) is 22.4. The maximum Gasteiger partial charge on any atom is 0.359 e. The predicted molar refractivity (Wildman–Crippen MR) is 117 cm³/mol. The Kier molecular flexibility index (Phi) is 7.56. The van der Waals surface area contributed by atoms with E-state index in [1.807, 2.05) is 42.5 Å². The number of aromatic nitrogens is 1. The Bertz CT molecular complexity index is 1060. The molecule has 0 aliphatic rings. The lowest BCUT2D eigenvalue weighted by atomic mass is 9.99. The summed E-state index contributed by atoms with van der Waals surface area (Å²) in [6.07, 6.45) is 1.18. The molecule has 0 radical (unpaired) electrons. The quantitative estimate of drug-likeness (QED) is 0.452. The van der Waals surface area contributed by atoms with Crippen LogP contribution in [-0.4, -0.2) is 23.5 Å². The third-order valence-electron chi connectivity index (χ3n) is 4.09. The molecule has 3 aromatic rings. The van der Waals surface area contributed by atoms with Gasteiger partial charge in [-0.15, -0.1) is 0 Å². The molecule has 1 heterocycles. The smallest absolute Gasteiger partial charge is 0.359 e. The van der Waals surface area contributed by atoms with Gasteiger partial charge in [0.15, 0.2) is 12.3 Å². The zero-order valence-electron chi connectivity index (χ0n) is 15.2.